The maximum atomic E-state index is 12.4. The van der Waals surface area contributed by atoms with E-state index in [2.05, 4.69) is 36.6 Å². The van der Waals surface area contributed by atoms with E-state index in [4.69, 9.17) is 0 Å². The van der Waals surface area contributed by atoms with E-state index >= 15 is 0 Å². The molecule has 0 fully saturated rings. The molecule has 0 heterocycles. The summed E-state index contributed by atoms with van der Waals surface area (Å²) in [4.78, 5) is 25.4. The number of anilines is 1. The number of amides is 2. The Labute approximate surface area is 164 Å². The monoisotopic (exact) mass is 376 g/mol. The molecular weight excluding hydrogens is 338 g/mol. The Morgan fingerprint density at radius 1 is 0.963 bits per heavy atom. The first kappa shape index (κ1) is 23.2. The number of benzene rings is 1. The number of nitrogens with one attached hydrogen (secondary N) is 3. The third-order valence-corrected chi connectivity index (χ3v) is 4.69. The van der Waals surface area contributed by atoms with Gasteiger partial charge in [-0.2, -0.15) is 0 Å². The predicted octanol–water partition coefficient (Wildman–Crippen LogP) is 2.40. The van der Waals surface area contributed by atoms with E-state index in [0.717, 1.165) is 34.6 Å². The summed E-state index contributed by atoms with van der Waals surface area (Å²) in [7, 11) is 1.87. The van der Waals surface area contributed by atoms with Crippen molar-refractivity contribution in [3.05, 3.63) is 28.8 Å². The molecule has 1 rings (SSSR count). The van der Waals surface area contributed by atoms with Crippen LogP contribution in [-0.4, -0.2) is 38.0 Å². The van der Waals surface area contributed by atoms with Crippen LogP contribution in [0.15, 0.2) is 12.1 Å². The number of quaternary nitrogens is 1. The van der Waals surface area contributed by atoms with Crippen LogP contribution in [0.4, 0.5) is 5.69 Å². The van der Waals surface area contributed by atoms with Crippen molar-refractivity contribution < 1.29 is 14.5 Å². The fraction of sp³-hybridized carbons (Fsp3) is 0.636. The summed E-state index contributed by atoms with van der Waals surface area (Å²) >= 11 is 0. The van der Waals surface area contributed by atoms with Gasteiger partial charge in [-0.3, -0.25) is 9.59 Å². The molecule has 0 bridgehead atoms. The van der Waals surface area contributed by atoms with Crippen molar-refractivity contribution in [3.8, 4) is 0 Å². The van der Waals surface area contributed by atoms with Crippen LogP contribution in [-0.2, 0) is 9.59 Å². The molecule has 1 unspecified atom stereocenters. The fourth-order valence-electron chi connectivity index (χ4n) is 3.40. The van der Waals surface area contributed by atoms with Crippen molar-refractivity contribution in [1.82, 2.24) is 5.32 Å². The molecule has 0 aliphatic heterocycles. The highest BCUT2D eigenvalue weighted by molar-refractivity contribution is 5.93. The number of rotatable bonds is 10. The minimum absolute atomic E-state index is 0.0000407. The lowest BCUT2D eigenvalue weighted by Gasteiger charge is -2.18. The maximum Gasteiger partial charge on any atom is 0.279 e. The van der Waals surface area contributed by atoms with Gasteiger partial charge in [0.1, 0.15) is 0 Å². The van der Waals surface area contributed by atoms with Crippen LogP contribution < -0.4 is 15.5 Å². The zero-order valence-electron chi connectivity index (χ0n) is 18.2. The number of hydrogen-bond acceptors (Lipinski definition) is 2. The predicted molar refractivity (Wildman–Crippen MR) is 112 cm³/mol. The van der Waals surface area contributed by atoms with Crippen LogP contribution >= 0.6 is 0 Å². The average molecular weight is 377 g/mol. The summed E-state index contributed by atoms with van der Waals surface area (Å²) in [5.74, 6) is 0.628. The third-order valence-electron chi connectivity index (χ3n) is 4.69. The molecule has 3 N–H and O–H groups in total. The molecule has 0 aromatic heterocycles. The Bertz CT molecular complexity index is 617. The van der Waals surface area contributed by atoms with Crippen molar-refractivity contribution in [1.29, 1.82) is 0 Å². The Hall–Kier alpha value is -1.88. The zero-order valence-corrected chi connectivity index (χ0v) is 18.2. The van der Waals surface area contributed by atoms with E-state index in [9.17, 15) is 9.59 Å². The molecule has 0 radical (unpaired) electrons. The molecule has 0 spiro atoms. The van der Waals surface area contributed by atoms with Crippen LogP contribution in [0.3, 0.4) is 0 Å². The van der Waals surface area contributed by atoms with E-state index in [1.165, 1.54) is 12.0 Å². The van der Waals surface area contributed by atoms with Gasteiger partial charge < -0.3 is 15.5 Å². The highest BCUT2D eigenvalue weighted by atomic mass is 16.2. The van der Waals surface area contributed by atoms with Crippen molar-refractivity contribution in [3.63, 3.8) is 0 Å². The van der Waals surface area contributed by atoms with Gasteiger partial charge in [0.05, 0.1) is 7.05 Å². The van der Waals surface area contributed by atoms with Gasteiger partial charge in [0, 0.05) is 11.7 Å². The van der Waals surface area contributed by atoms with Crippen molar-refractivity contribution in [2.45, 2.75) is 66.8 Å². The average Bonchev–Trinajstić information content (AvgIpc) is 2.49. The van der Waals surface area contributed by atoms with Crippen LogP contribution in [0.1, 0.15) is 56.7 Å². The Kier molecular flexibility index (Phi) is 9.50. The first-order chi connectivity index (χ1) is 12.6. The van der Waals surface area contributed by atoms with E-state index in [1.807, 2.05) is 34.7 Å². The molecule has 0 saturated heterocycles. The standard InChI is InChI=1S/C22H37N3O2/c1-15(2)9-8-10-19(6)23-20(26)13-25(7)14-21(27)24-22-17(4)11-16(3)12-18(22)5/h11-12,15,19H,8-10,13-14H2,1-7H3,(H,23,26)(H,24,27)/p+1/t19-/m1/s1. The summed E-state index contributed by atoms with van der Waals surface area (Å²) in [5, 5.41) is 6.04. The van der Waals surface area contributed by atoms with Gasteiger partial charge in [-0.1, -0.05) is 44.4 Å². The summed E-state index contributed by atoms with van der Waals surface area (Å²) in [6.45, 7) is 13.1. The summed E-state index contributed by atoms with van der Waals surface area (Å²) in [6, 6.07) is 4.30. The van der Waals surface area contributed by atoms with Gasteiger partial charge in [-0.15, -0.1) is 0 Å². The van der Waals surface area contributed by atoms with E-state index in [-0.39, 0.29) is 24.4 Å². The first-order valence-electron chi connectivity index (χ1n) is 10.1. The van der Waals surface area contributed by atoms with Crippen LogP contribution in [0.2, 0.25) is 0 Å². The molecule has 27 heavy (non-hydrogen) atoms. The summed E-state index contributed by atoms with van der Waals surface area (Å²) in [6.07, 6.45) is 3.30. The molecular formula is C22H38N3O2+. The molecule has 1 aromatic rings. The normalized spacial score (nSPS) is 13.3. The van der Waals surface area contributed by atoms with Gasteiger partial charge in [-0.25, -0.2) is 0 Å². The van der Waals surface area contributed by atoms with Crippen LogP contribution in [0.5, 0.6) is 0 Å². The molecule has 0 aliphatic rings. The quantitative estimate of drug-likeness (QED) is 0.587. The fourth-order valence-corrected chi connectivity index (χ4v) is 3.40. The second-order valence-electron chi connectivity index (χ2n) is 8.43. The second kappa shape index (κ2) is 11.1. The van der Waals surface area contributed by atoms with E-state index in [0.29, 0.717) is 12.5 Å². The summed E-state index contributed by atoms with van der Waals surface area (Å²) in [5.41, 5.74) is 4.18. The lowest BCUT2D eigenvalue weighted by molar-refractivity contribution is -0.862. The number of carbonyl (C=O) groups is 2. The van der Waals surface area contributed by atoms with Gasteiger partial charge in [0.2, 0.25) is 0 Å². The van der Waals surface area contributed by atoms with Crippen LogP contribution in [0.25, 0.3) is 0 Å². The second-order valence-corrected chi connectivity index (χ2v) is 8.43. The van der Waals surface area contributed by atoms with Gasteiger partial charge in [0.25, 0.3) is 11.8 Å². The largest absolute Gasteiger partial charge is 0.349 e. The molecule has 1 aromatic carbocycles. The maximum absolute atomic E-state index is 12.4. The van der Waals surface area contributed by atoms with Crippen molar-refractivity contribution >= 4 is 17.5 Å². The van der Waals surface area contributed by atoms with Crippen molar-refractivity contribution in [2.24, 2.45) is 5.92 Å². The van der Waals surface area contributed by atoms with E-state index in [1.54, 1.807) is 0 Å². The highest BCUT2D eigenvalue weighted by Gasteiger charge is 2.17. The van der Waals surface area contributed by atoms with Gasteiger partial charge >= 0.3 is 0 Å². The SMILES string of the molecule is Cc1cc(C)c(NC(=O)C[NH+](C)CC(=O)N[C@H](C)CCCC(C)C)c(C)c1. The topological polar surface area (TPSA) is 62.6 Å². The van der Waals surface area contributed by atoms with Crippen molar-refractivity contribution in [2.75, 3.05) is 25.5 Å². The molecule has 5 heteroatoms. The lowest BCUT2D eigenvalue weighted by atomic mass is 10.0. The smallest absolute Gasteiger partial charge is 0.279 e. The Morgan fingerprint density at radius 2 is 1.52 bits per heavy atom. The third kappa shape index (κ3) is 9.05. The van der Waals surface area contributed by atoms with Gasteiger partial charge in [-0.05, 0) is 51.2 Å². The number of hydrogen-bond donors (Lipinski definition) is 3. The highest BCUT2D eigenvalue weighted by Crippen LogP contribution is 2.21. The minimum atomic E-state index is -0.0691. The summed E-state index contributed by atoms with van der Waals surface area (Å²) < 4.78 is 0. The first-order valence-corrected chi connectivity index (χ1v) is 10.1. The Morgan fingerprint density at radius 3 is 2.07 bits per heavy atom. The Balaban J connectivity index is 2.42. The van der Waals surface area contributed by atoms with Crippen LogP contribution in [0, 0.1) is 26.7 Å². The molecule has 2 atom stereocenters. The number of carbonyl (C=O) groups excluding carboxylic acids is 2. The number of aryl methyl sites for hydroxylation is 3. The lowest BCUT2D eigenvalue weighted by Crippen LogP contribution is -3.11. The molecule has 152 valence electrons. The molecule has 0 aliphatic carbocycles. The molecule has 2 amide bonds. The molecule has 5 nitrogen and oxygen atoms in total. The van der Waals surface area contributed by atoms with Gasteiger partial charge in [0.15, 0.2) is 13.1 Å². The zero-order chi connectivity index (χ0) is 20.6. The molecule has 0 saturated carbocycles. The minimum Gasteiger partial charge on any atom is -0.349 e. The number of likely N-dealkylation sites (N-methyl/N-ethyl adjacent to an activating group) is 1. The van der Waals surface area contributed by atoms with E-state index < -0.39 is 0 Å².